The molecule has 5 rings (SSSR count). The number of phenolic OH excluding ortho intramolecular Hbond substituents is 1. The van der Waals surface area contributed by atoms with Crippen molar-refractivity contribution in [1.29, 1.82) is 0 Å². The van der Waals surface area contributed by atoms with Crippen LogP contribution in [-0.4, -0.2) is 123 Å². The van der Waals surface area contributed by atoms with Crippen LogP contribution in [0.15, 0.2) is 23.0 Å². The molecule has 1 aromatic rings. The summed E-state index contributed by atoms with van der Waals surface area (Å²) >= 11 is 6.83. The van der Waals surface area contributed by atoms with Crippen molar-refractivity contribution in [2.45, 2.75) is 80.5 Å². The number of amides is 1. The number of hydroxylamine groups is 2. The number of aromatic hydroxyl groups is 1. The highest BCUT2D eigenvalue weighted by Crippen LogP contribution is 2.62. The van der Waals surface area contributed by atoms with Gasteiger partial charge in [-0.3, -0.25) is 19.3 Å². The number of aliphatic hydroxyl groups excluding tert-OH is 2. The zero-order chi connectivity index (χ0) is 36.9. The van der Waals surface area contributed by atoms with Crippen LogP contribution >= 0.6 is 11.6 Å². The second kappa shape index (κ2) is 11.9. The van der Waals surface area contributed by atoms with E-state index in [2.05, 4.69) is 0 Å². The molecule has 270 valence electrons. The van der Waals surface area contributed by atoms with Gasteiger partial charge in [-0.2, -0.15) is 0 Å². The Balaban J connectivity index is 1.82. The molecule has 1 unspecified atom stereocenters. The van der Waals surface area contributed by atoms with Crippen molar-refractivity contribution >= 4 is 34.8 Å². The van der Waals surface area contributed by atoms with Gasteiger partial charge in [0.2, 0.25) is 11.4 Å². The average Bonchev–Trinajstić information content (AvgIpc) is 2.98. The van der Waals surface area contributed by atoms with Crippen molar-refractivity contribution in [2.75, 3.05) is 28.3 Å². The molecule has 17 nitrogen and oxygen atoms in total. The van der Waals surface area contributed by atoms with Crippen LogP contribution in [0.2, 0.25) is 5.02 Å². The topological polar surface area (TPSA) is 266 Å². The Morgan fingerprint density at radius 2 is 1.78 bits per heavy atom. The van der Waals surface area contributed by atoms with Gasteiger partial charge in [0.05, 0.1) is 30.2 Å². The molecule has 0 bridgehead atoms. The molecule has 9 N–H and O–H groups in total. The summed E-state index contributed by atoms with van der Waals surface area (Å²) in [6.07, 6.45) is -4.36. The van der Waals surface area contributed by atoms with Crippen LogP contribution in [0, 0.1) is 11.1 Å². The summed E-state index contributed by atoms with van der Waals surface area (Å²) in [6.45, 7) is 4.38. The molecule has 1 saturated heterocycles. The molecule has 0 spiro atoms. The van der Waals surface area contributed by atoms with E-state index in [0.29, 0.717) is 0 Å². The van der Waals surface area contributed by atoms with E-state index in [1.54, 1.807) is 6.92 Å². The van der Waals surface area contributed by atoms with E-state index >= 15 is 0 Å². The Morgan fingerprint density at radius 3 is 2.29 bits per heavy atom. The van der Waals surface area contributed by atoms with Gasteiger partial charge in [-0.15, -0.1) is 0 Å². The van der Waals surface area contributed by atoms with Gasteiger partial charge in [0.15, 0.2) is 23.4 Å². The largest absolute Gasteiger partial charge is 0.600 e. The Hall–Kier alpha value is -3.36. The lowest BCUT2D eigenvalue weighted by molar-refractivity contribution is -1.09. The van der Waals surface area contributed by atoms with Crippen LogP contribution in [0.3, 0.4) is 0 Å². The van der Waals surface area contributed by atoms with E-state index in [4.69, 9.17) is 36.3 Å². The van der Waals surface area contributed by atoms with Gasteiger partial charge in [-0.25, -0.2) is 10.4 Å². The fraction of sp³-hybridized carbons (Fsp3) is 0.581. The molecule has 1 aliphatic heterocycles. The van der Waals surface area contributed by atoms with Crippen molar-refractivity contribution in [3.8, 4) is 11.5 Å². The third kappa shape index (κ3) is 4.76. The molecule has 0 radical (unpaired) electrons. The summed E-state index contributed by atoms with van der Waals surface area (Å²) < 4.78 is 23.5. The van der Waals surface area contributed by atoms with Crippen LogP contribution in [-0.2, 0) is 34.2 Å². The van der Waals surface area contributed by atoms with Crippen LogP contribution in [0.1, 0.15) is 44.7 Å². The number of ketones is 2. The number of nitrogens with one attached hydrogen (secondary N) is 1. The molecule has 1 heterocycles. The van der Waals surface area contributed by atoms with Gasteiger partial charge in [0.25, 0.3) is 5.91 Å². The number of nitrogens with two attached hydrogens (primary N) is 1. The second-order valence-corrected chi connectivity index (χ2v) is 13.9. The maximum absolute atomic E-state index is 14.6. The summed E-state index contributed by atoms with van der Waals surface area (Å²) in [5, 5.41) is 80.0. The molecule has 3 aliphatic carbocycles. The SMILES string of the molecule is COc1cc(O)c2c(c1Cl)[C@](C)(O[C@H]1C[C@](C)([NH+]([O-])O)[C@@H](OC)[C@H](C)O1)[C@H]1C[C@@]3(O)[C@H](N(C)C)C(=O)C(C(N)=O)=C(O)[C@@]3(O)C(=O)C1=C2O. The number of Topliss-reactive ketones (excluding diaryl/α,β-unsaturated/α-hetero) is 2. The minimum Gasteiger partial charge on any atom is -0.600 e. The molecular weight excluding hydrogens is 674 g/mol. The highest BCUT2D eigenvalue weighted by Gasteiger charge is 2.75. The highest BCUT2D eigenvalue weighted by molar-refractivity contribution is 6.33. The number of hydrogen-bond donors (Lipinski definition) is 8. The molecule has 10 atom stereocenters. The molecule has 1 aromatic carbocycles. The van der Waals surface area contributed by atoms with Crippen molar-refractivity contribution < 1.29 is 69.3 Å². The summed E-state index contributed by atoms with van der Waals surface area (Å²) in [5.41, 5.74) is -7.02. The summed E-state index contributed by atoms with van der Waals surface area (Å²) in [4.78, 5) is 41.7. The van der Waals surface area contributed by atoms with E-state index in [0.717, 1.165) is 11.0 Å². The smallest absolute Gasteiger partial charge is 0.255 e. The number of aliphatic hydroxyl groups is 4. The molecular formula is C31H40ClN3O14. The number of phenols is 1. The van der Waals surface area contributed by atoms with Gasteiger partial charge in [-0.1, -0.05) is 11.6 Å². The van der Waals surface area contributed by atoms with Crippen LogP contribution in [0.4, 0.5) is 0 Å². The average molecular weight is 714 g/mol. The Kier molecular flexibility index (Phi) is 8.94. The predicted molar refractivity (Wildman–Crippen MR) is 166 cm³/mol. The summed E-state index contributed by atoms with van der Waals surface area (Å²) in [5.74, 6) is -9.00. The maximum atomic E-state index is 14.6. The molecule has 18 heteroatoms. The van der Waals surface area contributed by atoms with Crippen molar-refractivity contribution in [3.63, 3.8) is 0 Å². The van der Waals surface area contributed by atoms with Crippen LogP contribution < -0.4 is 15.7 Å². The number of quaternary nitrogens is 1. The minimum absolute atomic E-state index is 0.0974. The summed E-state index contributed by atoms with van der Waals surface area (Å²) in [6, 6.07) is -0.822. The number of hydrogen-bond acceptors (Lipinski definition) is 15. The minimum atomic E-state index is -3.42. The van der Waals surface area contributed by atoms with Gasteiger partial charge in [0.1, 0.15) is 46.2 Å². The lowest BCUT2D eigenvalue weighted by Crippen LogP contribution is -3.16. The van der Waals surface area contributed by atoms with E-state index in [1.807, 2.05) is 0 Å². The molecule has 49 heavy (non-hydrogen) atoms. The number of nitrogens with zero attached hydrogens (tertiary/aromatic N) is 1. The first-order valence-electron chi connectivity index (χ1n) is 15.2. The number of benzene rings is 1. The number of carbonyl (C=O) groups is 3. The number of fused-ring (bicyclic) bond motifs is 3. The number of primary amides is 1. The number of rotatable bonds is 7. The zero-order valence-electron chi connectivity index (χ0n) is 27.7. The Morgan fingerprint density at radius 1 is 1.16 bits per heavy atom. The molecule has 4 aliphatic rings. The number of carbonyl (C=O) groups excluding carboxylic acids is 3. The first-order valence-corrected chi connectivity index (χ1v) is 15.5. The van der Waals surface area contributed by atoms with E-state index in [-0.39, 0.29) is 22.8 Å². The fourth-order valence-corrected chi connectivity index (χ4v) is 8.71. The standard InChI is InChI=1S/C31H40ClN3O14/c1-11-26(47-7)28(2,35(44)45)10-15(48-11)49-29(3)12-9-30(42)23(34(4)5)22(38)18(27(33)41)25(40)31(30,43)24(39)16(12)21(37)17-13(36)8-14(46-6)20(32)19(17)29/h8,11-12,15,23,26,35-37,40,42-44H,9-10H2,1-7H3,(H2,33,41)/t11-,12-,15-,23+,26-,28-,29+,30+,31-/m0/s1. The van der Waals surface area contributed by atoms with Crippen molar-refractivity contribution in [2.24, 2.45) is 11.7 Å². The highest BCUT2D eigenvalue weighted by atomic mass is 35.5. The van der Waals surface area contributed by atoms with Crippen molar-refractivity contribution in [3.05, 3.63) is 44.3 Å². The number of likely N-dealkylation sites (N-methyl/N-ethyl adjacent to an activating group) is 1. The molecule has 1 amide bonds. The van der Waals surface area contributed by atoms with Crippen molar-refractivity contribution in [1.82, 2.24) is 4.90 Å². The quantitative estimate of drug-likeness (QED) is 0.126. The predicted octanol–water partition coefficient (Wildman–Crippen LogP) is -0.889. The van der Waals surface area contributed by atoms with Gasteiger partial charge < -0.3 is 55.4 Å². The Bertz CT molecular complexity index is 1700. The van der Waals surface area contributed by atoms with E-state index < -0.39 is 116 Å². The Labute approximate surface area is 285 Å². The van der Waals surface area contributed by atoms with Gasteiger partial charge in [0, 0.05) is 30.2 Å². The third-order valence-corrected chi connectivity index (χ3v) is 10.9. The first-order chi connectivity index (χ1) is 22.6. The summed E-state index contributed by atoms with van der Waals surface area (Å²) in [7, 11) is 5.21. The third-order valence-electron chi connectivity index (χ3n) is 10.6. The van der Waals surface area contributed by atoms with E-state index in [1.165, 1.54) is 42.2 Å². The number of halogens is 1. The van der Waals surface area contributed by atoms with Gasteiger partial charge in [-0.05, 0) is 41.3 Å². The zero-order valence-corrected chi connectivity index (χ0v) is 28.5. The lowest BCUT2D eigenvalue weighted by atomic mass is 9.52. The van der Waals surface area contributed by atoms with Crippen LogP contribution in [0.5, 0.6) is 11.5 Å². The normalized spacial score (nSPS) is 38.3. The lowest BCUT2D eigenvalue weighted by Gasteiger charge is -2.58. The number of ether oxygens (including phenoxy) is 4. The maximum Gasteiger partial charge on any atom is 0.255 e. The van der Waals surface area contributed by atoms with Gasteiger partial charge >= 0.3 is 0 Å². The monoisotopic (exact) mass is 713 g/mol. The fourth-order valence-electron chi connectivity index (χ4n) is 8.29. The number of methoxy groups -OCH3 is 2. The molecule has 2 fully saturated rings. The van der Waals surface area contributed by atoms with Crippen LogP contribution in [0.25, 0.3) is 5.76 Å². The second-order valence-electron chi connectivity index (χ2n) is 13.5. The first kappa shape index (κ1) is 36.9. The van der Waals surface area contributed by atoms with E-state index in [9.17, 15) is 50.3 Å². The molecule has 0 aromatic heterocycles. The molecule has 1 saturated carbocycles.